The van der Waals surface area contributed by atoms with E-state index in [0.29, 0.717) is 11.5 Å². The zero-order valence-corrected chi connectivity index (χ0v) is 13.4. The first kappa shape index (κ1) is 15.0. The molecule has 3 rings (SSSR count). The van der Waals surface area contributed by atoms with Gasteiger partial charge in [-0.2, -0.15) is 0 Å². The Labute approximate surface area is 128 Å². The molecule has 116 valence electrons. The van der Waals surface area contributed by atoms with Crippen molar-refractivity contribution in [2.24, 2.45) is 0 Å². The van der Waals surface area contributed by atoms with E-state index in [0.717, 1.165) is 39.4 Å². The van der Waals surface area contributed by atoms with Crippen molar-refractivity contribution in [3.05, 3.63) is 35.4 Å². The highest BCUT2D eigenvalue weighted by atomic mass is 16.5. The van der Waals surface area contributed by atoms with Gasteiger partial charge in [0, 0.05) is 32.2 Å². The lowest BCUT2D eigenvalue weighted by molar-refractivity contribution is 0.0380. The largest absolute Gasteiger partial charge is 0.379 e. The van der Waals surface area contributed by atoms with Crippen LogP contribution in [-0.4, -0.2) is 44.3 Å². The van der Waals surface area contributed by atoms with E-state index in [1.165, 1.54) is 24.0 Å². The minimum atomic E-state index is 0.318. The first-order chi connectivity index (χ1) is 10.2. The minimum absolute atomic E-state index is 0.318. The number of benzene rings is 1. The maximum atomic E-state index is 5.40. The lowest BCUT2D eigenvalue weighted by Crippen LogP contribution is -2.41. The van der Waals surface area contributed by atoms with Gasteiger partial charge in [0.1, 0.15) is 0 Å². The summed E-state index contributed by atoms with van der Waals surface area (Å²) in [6.07, 6.45) is 2.51. The highest BCUT2D eigenvalue weighted by Gasteiger charge is 2.31. The molecule has 2 aliphatic rings. The first-order valence-corrected chi connectivity index (χ1v) is 8.30. The lowest BCUT2D eigenvalue weighted by atomic mass is 9.71. The third-order valence-electron chi connectivity index (χ3n) is 5.05. The fraction of sp³-hybridized carbons (Fsp3) is 0.667. The van der Waals surface area contributed by atoms with E-state index in [1.807, 2.05) is 0 Å². The number of morpholine rings is 1. The molecule has 1 aliphatic carbocycles. The molecular formula is C18H28N2O. The van der Waals surface area contributed by atoms with Gasteiger partial charge in [-0.3, -0.25) is 4.90 Å². The third-order valence-corrected chi connectivity index (χ3v) is 5.05. The van der Waals surface area contributed by atoms with E-state index in [9.17, 15) is 0 Å². The van der Waals surface area contributed by atoms with Crippen LogP contribution in [0.4, 0.5) is 0 Å². The summed E-state index contributed by atoms with van der Waals surface area (Å²) < 4.78 is 5.40. The summed E-state index contributed by atoms with van der Waals surface area (Å²) in [5.41, 5.74) is 3.36. The Balaban J connectivity index is 1.59. The molecule has 1 unspecified atom stereocenters. The van der Waals surface area contributed by atoms with Crippen LogP contribution in [0.3, 0.4) is 0 Å². The molecule has 0 amide bonds. The SMILES string of the molecule is CC1(C)CCC(NCCN2CCOCC2)c2ccccc21. The predicted molar refractivity (Wildman–Crippen MR) is 86.7 cm³/mol. The molecular weight excluding hydrogens is 260 g/mol. The topological polar surface area (TPSA) is 24.5 Å². The average molecular weight is 288 g/mol. The van der Waals surface area contributed by atoms with E-state index >= 15 is 0 Å². The van der Waals surface area contributed by atoms with Gasteiger partial charge in [-0.15, -0.1) is 0 Å². The molecule has 3 nitrogen and oxygen atoms in total. The summed E-state index contributed by atoms with van der Waals surface area (Å²) in [7, 11) is 0. The minimum Gasteiger partial charge on any atom is -0.379 e. The van der Waals surface area contributed by atoms with Gasteiger partial charge in [0.15, 0.2) is 0 Å². The number of hydrogen-bond acceptors (Lipinski definition) is 3. The van der Waals surface area contributed by atoms with Crippen molar-refractivity contribution in [3.63, 3.8) is 0 Å². The quantitative estimate of drug-likeness (QED) is 0.922. The van der Waals surface area contributed by atoms with E-state index in [1.54, 1.807) is 0 Å². The Hall–Kier alpha value is -0.900. The number of hydrogen-bond donors (Lipinski definition) is 1. The molecule has 1 fully saturated rings. The predicted octanol–water partition coefficient (Wildman–Crippen LogP) is 2.72. The number of nitrogens with one attached hydrogen (secondary N) is 1. The smallest absolute Gasteiger partial charge is 0.0594 e. The molecule has 1 aromatic rings. The Morgan fingerprint density at radius 2 is 2.00 bits per heavy atom. The molecule has 1 heterocycles. The van der Waals surface area contributed by atoms with Gasteiger partial charge >= 0.3 is 0 Å². The summed E-state index contributed by atoms with van der Waals surface area (Å²) in [4.78, 5) is 2.50. The molecule has 1 aliphatic heterocycles. The van der Waals surface area contributed by atoms with Gasteiger partial charge in [0.2, 0.25) is 0 Å². The van der Waals surface area contributed by atoms with E-state index in [4.69, 9.17) is 4.74 Å². The molecule has 0 saturated carbocycles. The number of rotatable bonds is 4. The zero-order valence-electron chi connectivity index (χ0n) is 13.4. The van der Waals surface area contributed by atoms with Crippen molar-refractivity contribution in [1.82, 2.24) is 10.2 Å². The Morgan fingerprint density at radius 1 is 1.24 bits per heavy atom. The van der Waals surface area contributed by atoms with Gasteiger partial charge in [0.25, 0.3) is 0 Å². The second-order valence-corrected chi connectivity index (χ2v) is 6.97. The monoisotopic (exact) mass is 288 g/mol. The Bertz CT molecular complexity index is 466. The number of nitrogens with zero attached hydrogens (tertiary/aromatic N) is 1. The van der Waals surface area contributed by atoms with Crippen LogP contribution in [0, 0.1) is 0 Å². The Kier molecular flexibility index (Phi) is 4.63. The average Bonchev–Trinajstić information content (AvgIpc) is 2.51. The maximum absolute atomic E-state index is 5.40. The summed E-state index contributed by atoms with van der Waals surface area (Å²) in [5.74, 6) is 0. The summed E-state index contributed by atoms with van der Waals surface area (Å²) in [6, 6.07) is 9.50. The van der Waals surface area contributed by atoms with Crippen LogP contribution in [0.2, 0.25) is 0 Å². The molecule has 1 atom stereocenters. The van der Waals surface area contributed by atoms with Crippen molar-refractivity contribution in [1.29, 1.82) is 0 Å². The fourth-order valence-corrected chi connectivity index (χ4v) is 3.65. The third kappa shape index (κ3) is 3.47. The highest BCUT2D eigenvalue weighted by molar-refractivity contribution is 5.38. The molecule has 1 aromatic carbocycles. The second kappa shape index (κ2) is 6.47. The molecule has 0 spiro atoms. The summed E-state index contributed by atoms with van der Waals surface area (Å²) in [5, 5.41) is 3.78. The van der Waals surface area contributed by atoms with Crippen molar-refractivity contribution < 1.29 is 4.74 Å². The Morgan fingerprint density at radius 3 is 2.81 bits per heavy atom. The van der Waals surface area contributed by atoms with Gasteiger partial charge in [-0.1, -0.05) is 38.1 Å². The van der Waals surface area contributed by atoms with Crippen molar-refractivity contribution >= 4 is 0 Å². The standard InChI is InChI=1S/C18H28N2O/c1-18(2)8-7-17(15-5-3-4-6-16(15)18)19-9-10-20-11-13-21-14-12-20/h3-6,17,19H,7-14H2,1-2H3. The second-order valence-electron chi connectivity index (χ2n) is 6.97. The van der Waals surface area contributed by atoms with Gasteiger partial charge < -0.3 is 10.1 Å². The van der Waals surface area contributed by atoms with Crippen molar-refractivity contribution in [3.8, 4) is 0 Å². The van der Waals surface area contributed by atoms with Crippen LogP contribution >= 0.6 is 0 Å². The normalized spacial score (nSPS) is 25.5. The zero-order chi connectivity index (χ0) is 14.7. The fourth-order valence-electron chi connectivity index (χ4n) is 3.65. The van der Waals surface area contributed by atoms with Crippen molar-refractivity contribution in [2.45, 2.75) is 38.1 Å². The van der Waals surface area contributed by atoms with Crippen LogP contribution in [0.15, 0.2) is 24.3 Å². The molecule has 3 heteroatoms. The van der Waals surface area contributed by atoms with E-state index in [2.05, 4.69) is 48.3 Å². The van der Waals surface area contributed by atoms with Crippen LogP contribution in [-0.2, 0) is 10.2 Å². The molecule has 0 radical (unpaired) electrons. The van der Waals surface area contributed by atoms with Gasteiger partial charge in [-0.05, 0) is 29.4 Å². The van der Waals surface area contributed by atoms with Gasteiger partial charge in [-0.25, -0.2) is 0 Å². The first-order valence-electron chi connectivity index (χ1n) is 8.30. The highest BCUT2D eigenvalue weighted by Crippen LogP contribution is 2.41. The molecule has 1 N–H and O–H groups in total. The summed E-state index contributed by atoms with van der Waals surface area (Å²) >= 11 is 0. The number of fused-ring (bicyclic) bond motifs is 1. The number of ether oxygens (including phenoxy) is 1. The van der Waals surface area contributed by atoms with Crippen molar-refractivity contribution in [2.75, 3.05) is 39.4 Å². The van der Waals surface area contributed by atoms with Crippen LogP contribution < -0.4 is 5.32 Å². The molecule has 0 aromatic heterocycles. The maximum Gasteiger partial charge on any atom is 0.0594 e. The van der Waals surface area contributed by atoms with Gasteiger partial charge in [0.05, 0.1) is 13.2 Å². The van der Waals surface area contributed by atoms with Crippen LogP contribution in [0.25, 0.3) is 0 Å². The molecule has 1 saturated heterocycles. The lowest BCUT2D eigenvalue weighted by Gasteiger charge is -2.38. The van der Waals surface area contributed by atoms with Crippen LogP contribution in [0.1, 0.15) is 43.9 Å². The summed E-state index contributed by atoms with van der Waals surface area (Å²) in [6.45, 7) is 10.9. The van der Waals surface area contributed by atoms with E-state index in [-0.39, 0.29) is 0 Å². The van der Waals surface area contributed by atoms with E-state index < -0.39 is 0 Å². The molecule has 21 heavy (non-hydrogen) atoms. The molecule has 0 bridgehead atoms. The van der Waals surface area contributed by atoms with Crippen LogP contribution in [0.5, 0.6) is 0 Å².